The maximum Gasteiger partial charge on any atom is 0.309 e. The Morgan fingerprint density at radius 3 is 2.31 bits per heavy atom. The van der Waals surface area contributed by atoms with E-state index in [-0.39, 0.29) is 57.7 Å². The lowest BCUT2D eigenvalue weighted by Gasteiger charge is -2.69. The van der Waals surface area contributed by atoms with Crippen LogP contribution in [0, 0.1) is 50.7 Å². The van der Waals surface area contributed by atoms with Crippen LogP contribution in [0.15, 0.2) is 47.2 Å². The van der Waals surface area contributed by atoms with Crippen LogP contribution in [0.25, 0.3) is 0 Å². The number of amides is 1. The predicted molar refractivity (Wildman–Crippen MR) is 219 cm³/mol. The molecule has 0 heterocycles. The van der Waals surface area contributed by atoms with Crippen molar-refractivity contribution in [3.63, 3.8) is 0 Å². The second-order valence-corrected chi connectivity index (χ2v) is 19.8. The lowest BCUT2D eigenvalue weighted by atomic mass is 9.35. The zero-order valence-electron chi connectivity index (χ0n) is 35.1. The highest BCUT2D eigenvalue weighted by molar-refractivity contribution is 6.30. The van der Waals surface area contributed by atoms with Crippen molar-refractivity contribution in [2.75, 3.05) is 12.4 Å². The number of fused-ring (bicyclic) bond motifs is 5. The Balaban J connectivity index is 1.41. The molecule has 8 nitrogen and oxygen atoms in total. The van der Waals surface area contributed by atoms with E-state index in [1.807, 2.05) is 14.0 Å². The van der Waals surface area contributed by atoms with Gasteiger partial charge in [0.2, 0.25) is 5.91 Å². The van der Waals surface area contributed by atoms with Gasteiger partial charge in [0, 0.05) is 41.4 Å². The van der Waals surface area contributed by atoms with Crippen LogP contribution in [-0.4, -0.2) is 41.9 Å². The van der Waals surface area contributed by atoms with Crippen molar-refractivity contribution >= 4 is 40.9 Å². The summed E-state index contributed by atoms with van der Waals surface area (Å²) in [6.45, 7) is 19.5. The molecule has 0 saturated heterocycles. The van der Waals surface area contributed by atoms with Crippen molar-refractivity contribution < 1.29 is 29.0 Å². The van der Waals surface area contributed by atoms with Gasteiger partial charge in [0.1, 0.15) is 6.10 Å². The number of rotatable bonds is 14. The van der Waals surface area contributed by atoms with Crippen LogP contribution in [0.3, 0.4) is 0 Å². The number of halogens is 1. The van der Waals surface area contributed by atoms with Crippen molar-refractivity contribution in [3.05, 3.63) is 52.2 Å². The Hall–Kier alpha value is -3.13. The number of hydrogen-bond donors (Lipinski definition) is 3. The highest BCUT2D eigenvalue weighted by Crippen LogP contribution is 2.75. The number of carboxylic acids is 1. The predicted octanol–water partition coefficient (Wildman–Crippen LogP) is 10.6. The molecule has 8 atom stereocenters. The molecule has 1 amide bonds. The normalized spacial score (nSPS) is 32.7. The van der Waals surface area contributed by atoms with E-state index in [2.05, 4.69) is 52.2 Å². The summed E-state index contributed by atoms with van der Waals surface area (Å²) in [6.07, 6.45) is 11.1. The van der Waals surface area contributed by atoms with Gasteiger partial charge in [-0.1, -0.05) is 65.6 Å². The van der Waals surface area contributed by atoms with Crippen LogP contribution < -0.4 is 10.6 Å². The molecule has 0 bridgehead atoms. The molecule has 4 aliphatic carbocycles. The van der Waals surface area contributed by atoms with Crippen molar-refractivity contribution in [2.24, 2.45) is 50.7 Å². The SMILES string of the molecule is CCC(CCC1(C)C(C)CCC2(C)C1CCC1C3=C(C(C)C)C(=O)CC3(C/C(=C/C(=O)Nc3ccc(Cl)cc3)NC)CC[C@]12C)OC(=O)CC(C)(C)C(=O)O. The van der Waals surface area contributed by atoms with E-state index in [9.17, 15) is 24.3 Å². The van der Waals surface area contributed by atoms with Gasteiger partial charge in [0.15, 0.2) is 5.78 Å². The summed E-state index contributed by atoms with van der Waals surface area (Å²) in [6, 6.07) is 7.08. The number of ketones is 1. The van der Waals surface area contributed by atoms with Crippen LogP contribution in [0.4, 0.5) is 5.69 Å². The molecule has 3 fully saturated rings. The Morgan fingerprint density at radius 1 is 1.04 bits per heavy atom. The number of ether oxygens (including phenoxy) is 1. The fourth-order valence-corrected chi connectivity index (χ4v) is 12.0. The Bertz CT molecular complexity index is 1710. The molecular weight excluding hydrogens is 712 g/mol. The van der Waals surface area contributed by atoms with Crippen molar-refractivity contribution in [1.82, 2.24) is 5.32 Å². The summed E-state index contributed by atoms with van der Waals surface area (Å²) < 4.78 is 5.95. The Labute approximate surface area is 335 Å². The summed E-state index contributed by atoms with van der Waals surface area (Å²) in [5.74, 6) is 0.00936. The molecule has 3 N–H and O–H groups in total. The molecule has 9 heteroatoms. The fraction of sp³-hybridized carbons (Fsp3) is 0.696. The average Bonchev–Trinajstić information content (AvgIpc) is 3.41. The molecule has 0 aliphatic heterocycles. The fourth-order valence-electron chi connectivity index (χ4n) is 11.8. The van der Waals surface area contributed by atoms with Crippen LogP contribution >= 0.6 is 11.6 Å². The van der Waals surface area contributed by atoms with Crippen LogP contribution in [-0.2, 0) is 23.9 Å². The maximum absolute atomic E-state index is 14.1. The molecule has 1 aromatic carbocycles. The first-order valence-electron chi connectivity index (χ1n) is 20.8. The Morgan fingerprint density at radius 2 is 1.71 bits per heavy atom. The third-order valence-electron chi connectivity index (χ3n) is 15.5. The van der Waals surface area contributed by atoms with Crippen molar-refractivity contribution in [2.45, 2.75) is 145 Å². The zero-order chi connectivity index (χ0) is 40.7. The number of Topliss-reactive ketones (excluding diaryl/α,β-unsaturated/α-hetero) is 1. The standard InChI is InChI=1S/C46H67ClN2O6/c1-11-33(55-38(52)27-42(5,6)41(53)54)19-20-43(7)29(4)18-21-45(9)36(43)17-16-34-40-39(28(2)3)35(50)26-46(40,23-22-44(34,45)8)25-32(48-10)24-37(51)49-31-14-12-30(47)13-15-31/h12-15,24,28-29,33-34,36,48H,11,16-23,25-27H2,1-10H3,(H,49,51)(H,53,54)/b32-24-/t29?,33?,34?,36?,43?,44-,45?,46?/m1/s1. The topological polar surface area (TPSA) is 122 Å². The van der Waals surface area contributed by atoms with Gasteiger partial charge >= 0.3 is 11.9 Å². The molecule has 7 unspecified atom stereocenters. The second-order valence-electron chi connectivity index (χ2n) is 19.3. The van der Waals surface area contributed by atoms with E-state index in [1.54, 1.807) is 44.2 Å². The smallest absolute Gasteiger partial charge is 0.309 e. The molecule has 0 aromatic heterocycles. The minimum Gasteiger partial charge on any atom is -0.481 e. The first-order chi connectivity index (χ1) is 25.7. The number of esters is 1. The minimum atomic E-state index is -1.17. The van der Waals surface area contributed by atoms with Gasteiger partial charge in [0.05, 0.1) is 11.8 Å². The Kier molecular flexibility index (Phi) is 12.5. The molecule has 0 radical (unpaired) electrons. The molecule has 304 valence electrons. The van der Waals surface area contributed by atoms with Gasteiger partial charge in [-0.15, -0.1) is 0 Å². The van der Waals surface area contributed by atoms with E-state index in [1.165, 1.54) is 5.57 Å². The number of allylic oxidation sites excluding steroid dienone is 3. The quantitative estimate of drug-likeness (QED) is 0.127. The first-order valence-corrected chi connectivity index (χ1v) is 21.2. The van der Waals surface area contributed by atoms with E-state index >= 15 is 0 Å². The summed E-state index contributed by atoms with van der Waals surface area (Å²) in [4.78, 5) is 52.0. The van der Waals surface area contributed by atoms with Gasteiger partial charge in [-0.25, -0.2) is 0 Å². The van der Waals surface area contributed by atoms with Gasteiger partial charge in [0.25, 0.3) is 0 Å². The first kappa shape index (κ1) is 43.0. The zero-order valence-corrected chi connectivity index (χ0v) is 35.9. The molecular formula is C46H67ClN2O6. The van der Waals surface area contributed by atoms with Gasteiger partial charge < -0.3 is 20.5 Å². The highest BCUT2D eigenvalue weighted by Gasteiger charge is 2.67. The monoisotopic (exact) mass is 778 g/mol. The molecule has 55 heavy (non-hydrogen) atoms. The van der Waals surface area contributed by atoms with Crippen LogP contribution in [0.5, 0.6) is 0 Å². The largest absolute Gasteiger partial charge is 0.481 e. The molecule has 3 saturated carbocycles. The number of carbonyl (C=O) groups excluding carboxylic acids is 3. The van der Waals surface area contributed by atoms with E-state index in [4.69, 9.17) is 16.3 Å². The second kappa shape index (κ2) is 16.0. The molecule has 0 spiro atoms. The lowest BCUT2D eigenvalue weighted by Crippen LogP contribution is -2.62. The number of benzene rings is 1. The number of aliphatic carboxylic acids is 1. The summed E-state index contributed by atoms with van der Waals surface area (Å²) in [7, 11) is 1.87. The van der Waals surface area contributed by atoms with Crippen LogP contribution in [0.2, 0.25) is 5.02 Å². The van der Waals surface area contributed by atoms with Gasteiger partial charge in [-0.05, 0) is 148 Å². The summed E-state index contributed by atoms with van der Waals surface area (Å²) in [5.41, 5.74) is 2.52. The molecule has 4 aliphatic rings. The summed E-state index contributed by atoms with van der Waals surface area (Å²) >= 11 is 6.06. The number of carbonyl (C=O) groups is 4. The highest BCUT2D eigenvalue weighted by atomic mass is 35.5. The number of nitrogens with one attached hydrogen (secondary N) is 2. The lowest BCUT2D eigenvalue weighted by molar-refractivity contribution is -0.187. The average molecular weight is 780 g/mol. The van der Waals surface area contributed by atoms with E-state index < -0.39 is 17.4 Å². The van der Waals surface area contributed by atoms with E-state index in [0.717, 1.165) is 62.6 Å². The van der Waals surface area contributed by atoms with Crippen molar-refractivity contribution in [3.8, 4) is 0 Å². The van der Waals surface area contributed by atoms with Crippen molar-refractivity contribution in [1.29, 1.82) is 0 Å². The summed E-state index contributed by atoms with van der Waals surface area (Å²) in [5, 5.41) is 16.5. The third-order valence-corrected chi connectivity index (χ3v) is 15.8. The van der Waals surface area contributed by atoms with Crippen LogP contribution in [0.1, 0.15) is 139 Å². The molecule has 5 rings (SSSR count). The number of hydrogen-bond acceptors (Lipinski definition) is 6. The van der Waals surface area contributed by atoms with Gasteiger partial charge in [-0.2, -0.15) is 0 Å². The maximum atomic E-state index is 14.1. The minimum absolute atomic E-state index is 0.00454. The van der Waals surface area contributed by atoms with E-state index in [0.29, 0.717) is 41.8 Å². The molecule has 1 aromatic rings. The number of carboxylic acid groups (broad SMARTS) is 1. The number of anilines is 1. The van der Waals surface area contributed by atoms with Gasteiger partial charge in [-0.3, -0.25) is 19.2 Å². The third kappa shape index (κ3) is 8.05.